The molecule has 3 heteroatoms. The van der Waals surface area contributed by atoms with E-state index >= 15 is 0 Å². The summed E-state index contributed by atoms with van der Waals surface area (Å²) in [5.41, 5.74) is 8.29. The lowest BCUT2D eigenvalue weighted by atomic mass is 9.75. The van der Waals surface area contributed by atoms with Crippen molar-refractivity contribution >= 4 is 11.4 Å². The van der Waals surface area contributed by atoms with Crippen LogP contribution in [0, 0.1) is 16.7 Å². The van der Waals surface area contributed by atoms with E-state index in [4.69, 9.17) is 11.0 Å². The van der Waals surface area contributed by atoms with Crippen molar-refractivity contribution in [1.82, 2.24) is 0 Å². The van der Waals surface area contributed by atoms with Crippen molar-refractivity contribution in [3.63, 3.8) is 0 Å². The highest BCUT2D eigenvalue weighted by molar-refractivity contribution is 5.63. The number of hydrogen-bond donors (Lipinski definition) is 2. The molecule has 3 nitrogen and oxygen atoms in total. The van der Waals surface area contributed by atoms with Gasteiger partial charge < -0.3 is 11.1 Å². The number of hydrogen-bond acceptors (Lipinski definition) is 3. The summed E-state index contributed by atoms with van der Waals surface area (Å²) in [6.45, 7) is 4.63. The van der Waals surface area contributed by atoms with E-state index in [1.807, 2.05) is 12.1 Å². The maximum absolute atomic E-state index is 9.13. The molecule has 0 spiro atoms. The van der Waals surface area contributed by atoms with Gasteiger partial charge in [-0.15, -0.1) is 0 Å². The van der Waals surface area contributed by atoms with E-state index in [0.29, 0.717) is 22.7 Å². The molecule has 1 fully saturated rings. The van der Waals surface area contributed by atoms with Gasteiger partial charge in [0.15, 0.2) is 0 Å². The Kier molecular flexibility index (Phi) is 3.47. The molecule has 0 radical (unpaired) electrons. The van der Waals surface area contributed by atoms with E-state index in [1.54, 1.807) is 6.07 Å². The highest BCUT2D eigenvalue weighted by atomic mass is 14.9. The molecule has 0 bridgehead atoms. The molecule has 0 saturated heterocycles. The van der Waals surface area contributed by atoms with E-state index in [-0.39, 0.29) is 0 Å². The topological polar surface area (TPSA) is 61.8 Å². The second-order valence-corrected chi connectivity index (χ2v) is 6.02. The third-order valence-corrected chi connectivity index (χ3v) is 3.73. The van der Waals surface area contributed by atoms with E-state index < -0.39 is 0 Å². The van der Waals surface area contributed by atoms with Gasteiger partial charge in [-0.3, -0.25) is 0 Å². The van der Waals surface area contributed by atoms with Crippen LogP contribution in [0.4, 0.5) is 11.4 Å². The lowest BCUT2D eigenvalue weighted by Crippen LogP contribution is -2.31. The Labute approximate surface area is 109 Å². The molecule has 0 heterocycles. The Morgan fingerprint density at radius 1 is 1.44 bits per heavy atom. The van der Waals surface area contributed by atoms with Gasteiger partial charge in [-0.25, -0.2) is 0 Å². The second kappa shape index (κ2) is 4.89. The Morgan fingerprint density at radius 3 is 2.89 bits per heavy atom. The fourth-order valence-corrected chi connectivity index (χ4v) is 2.82. The largest absolute Gasteiger partial charge is 0.399 e. The Balaban J connectivity index is 2.12. The molecular weight excluding hydrogens is 222 g/mol. The molecular formula is C15H21N3. The Hall–Kier alpha value is -1.69. The lowest BCUT2D eigenvalue weighted by Gasteiger charge is -2.36. The lowest BCUT2D eigenvalue weighted by molar-refractivity contribution is 0.229. The van der Waals surface area contributed by atoms with Crippen LogP contribution < -0.4 is 11.1 Å². The fraction of sp³-hybridized carbons (Fsp3) is 0.533. The molecule has 1 unspecified atom stereocenters. The standard InChI is InChI=1S/C15H21N3/c1-15(2)7-3-4-13(9-15)18-14-6-5-12(17)8-11(14)10-16/h5-6,8,13,18H,3-4,7,9,17H2,1-2H3. The summed E-state index contributed by atoms with van der Waals surface area (Å²) in [5.74, 6) is 0. The maximum Gasteiger partial charge on any atom is 0.101 e. The molecule has 3 N–H and O–H groups in total. The van der Waals surface area contributed by atoms with Gasteiger partial charge in [-0.1, -0.05) is 20.3 Å². The molecule has 1 aliphatic carbocycles. The Morgan fingerprint density at radius 2 is 2.22 bits per heavy atom. The van der Waals surface area contributed by atoms with E-state index in [1.165, 1.54) is 19.3 Å². The van der Waals surface area contributed by atoms with Crippen LogP contribution >= 0.6 is 0 Å². The van der Waals surface area contributed by atoms with Crippen molar-refractivity contribution in [3.8, 4) is 6.07 Å². The first-order valence-electron chi connectivity index (χ1n) is 6.56. The van der Waals surface area contributed by atoms with Crippen LogP contribution in [-0.4, -0.2) is 6.04 Å². The molecule has 1 saturated carbocycles. The normalized spacial score (nSPS) is 22.2. The van der Waals surface area contributed by atoms with Crippen molar-refractivity contribution in [2.45, 2.75) is 45.6 Å². The summed E-state index contributed by atoms with van der Waals surface area (Å²) in [6, 6.07) is 8.16. The average molecular weight is 243 g/mol. The molecule has 2 rings (SSSR count). The summed E-state index contributed by atoms with van der Waals surface area (Å²) < 4.78 is 0. The van der Waals surface area contributed by atoms with Gasteiger partial charge in [0.05, 0.1) is 11.3 Å². The van der Waals surface area contributed by atoms with Gasteiger partial charge in [0.2, 0.25) is 0 Å². The molecule has 0 aromatic heterocycles. The molecule has 0 aliphatic heterocycles. The number of nitrogen functional groups attached to an aromatic ring is 1. The van der Waals surface area contributed by atoms with Gasteiger partial charge in [-0.2, -0.15) is 5.26 Å². The minimum atomic E-state index is 0.399. The van der Waals surface area contributed by atoms with E-state index in [2.05, 4.69) is 25.2 Å². The third kappa shape index (κ3) is 2.95. The van der Waals surface area contributed by atoms with Crippen LogP contribution in [0.5, 0.6) is 0 Å². The number of nitrogens with zero attached hydrogens (tertiary/aromatic N) is 1. The number of nitriles is 1. The highest BCUT2D eigenvalue weighted by Crippen LogP contribution is 2.36. The number of rotatable bonds is 2. The summed E-state index contributed by atoms with van der Waals surface area (Å²) >= 11 is 0. The zero-order valence-corrected chi connectivity index (χ0v) is 11.2. The van der Waals surface area contributed by atoms with E-state index in [9.17, 15) is 0 Å². The van der Waals surface area contributed by atoms with Crippen LogP contribution in [0.2, 0.25) is 0 Å². The highest BCUT2D eigenvalue weighted by Gasteiger charge is 2.28. The van der Waals surface area contributed by atoms with Gasteiger partial charge in [0.25, 0.3) is 0 Å². The van der Waals surface area contributed by atoms with Crippen molar-refractivity contribution in [3.05, 3.63) is 23.8 Å². The molecule has 1 aromatic carbocycles. The minimum Gasteiger partial charge on any atom is -0.399 e. The number of anilines is 2. The second-order valence-electron chi connectivity index (χ2n) is 6.02. The van der Waals surface area contributed by atoms with Crippen molar-refractivity contribution < 1.29 is 0 Å². The van der Waals surface area contributed by atoms with Crippen molar-refractivity contribution in [2.24, 2.45) is 5.41 Å². The van der Waals surface area contributed by atoms with Crippen LogP contribution in [0.25, 0.3) is 0 Å². The van der Waals surface area contributed by atoms with Crippen LogP contribution in [0.3, 0.4) is 0 Å². The molecule has 18 heavy (non-hydrogen) atoms. The first kappa shape index (κ1) is 12.8. The zero-order valence-electron chi connectivity index (χ0n) is 11.2. The third-order valence-electron chi connectivity index (χ3n) is 3.73. The zero-order chi connectivity index (χ0) is 13.2. The minimum absolute atomic E-state index is 0.399. The molecule has 96 valence electrons. The smallest absolute Gasteiger partial charge is 0.101 e. The van der Waals surface area contributed by atoms with Crippen LogP contribution in [0.15, 0.2) is 18.2 Å². The van der Waals surface area contributed by atoms with Crippen molar-refractivity contribution in [2.75, 3.05) is 11.1 Å². The first-order chi connectivity index (χ1) is 8.50. The summed E-state index contributed by atoms with van der Waals surface area (Å²) in [7, 11) is 0. The molecule has 1 aliphatic rings. The predicted octanol–water partition coefficient (Wildman–Crippen LogP) is 3.52. The maximum atomic E-state index is 9.13. The summed E-state index contributed by atoms with van der Waals surface area (Å²) in [6.07, 6.45) is 4.88. The Bertz CT molecular complexity index is 471. The number of benzene rings is 1. The van der Waals surface area contributed by atoms with Gasteiger partial charge >= 0.3 is 0 Å². The monoisotopic (exact) mass is 243 g/mol. The van der Waals surface area contributed by atoms with Crippen LogP contribution in [0.1, 0.15) is 45.1 Å². The molecule has 1 atom stereocenters. The average Bonchev–Trinajstić information content (AvgIpc) is 2.30. The predicted molar refractivity (Wildman–Crippen MR) is 75.2 cm³/mol. The summed E-state index contributed by atoms with van der Waals surface area (Å²) in [5, 5.41) is 12.6. The fourth-order valence-electron chi connectivity index (χ4n) is 2.82. The molecule has 0 amide bonds. The van der Waals surface area contributed by atoms with Crippen LogP contribution in [-0.2, 0) is 0 Å². The van der Waals surface area contributed by atoms with Gasteiger partial charge in [0.1, 0.15) is 6.07 Å². The molecule has 1 aromatic rings. The number of nitrogens with two attached hydrogens (primary N) is 1. The summed E-state index contributed by atoms with van der Waals surface area (Å²) in [4.78, 5) is 0. The van der Waals surface area contributed by atoms with Gasteiger partial charge in [-0.05, 0) is 42.9 Å². The number of nitrogens with one attached hydrogen (secondary N) is 1. The first-order valence-corrected chi connectivity index (χ1v) is 6.56. The van der Waals surface area contributed by atoms with Gasteiger partial charge in [0, 0.05) is 11.7 Å². The SMILES string of the molecule is CC1(C)CCCC(Nc2ccc(N)cc2C#N)C1. The van der Waals surface area contributed by atoms with E-state index in [0.717, 1.165) is 12.1 Å². The quantitative estimate of drug-likeness (QED) is 0.781. The van der Waals surface area contributed by atoms with Crippen molar-refractivity contribution in [1.29, 1.82) is 5.26 Å².